The number of carbonyl (C=O) groups is 1. The zero-order chi connectivity index (χ0) is 18.7. The van der Waals surface area contributed by atoms with Gasteiger partial charge in [0.15, 0.2) is 0 Å². The van der Waals surface area contributed by atoms with E-state index in [0.29, 0.717) is 37.0 Å². The summed E-state index contributed by atoms with van der Waals surface area (Å²) in [6, 6.07) is 11.6. The zero-order valence-electron chi connectivity index (χ0n) is 14.2. The van der Waals surface area contributed by atoms with Crippen molar-refractivity contribution in [2.75, 3.05) is 38.2 Å². The fraction of sp³-hybridized carbons (Fsp3) is 0.278. The smallest absolute Gasteiger partial charge is 0.270 e. The Hall–Kier alpha value is -2.80. The Morgan fingerprint density at radius 3 is 2.50 bits per heavy atom. The first-order valence-corrected chi connectivity index (χ1v) is 8.49. The van der Waals surface area contributed by atoms with E-state index in [0.717, 1.165) is 5.69 Å². The number of nitro benzene ring substituents is 1. The molecule has 26 heavy (non-hydrogen) atoms. The van der Waals surface area contributed by atoms with E-state index in [-0.39, 0.29) is 17.2 Å². The molecule has 0 bridgehead atoms. The van der Waals surface area contributed by atoms with E-state index in [1.165, 1.54) is 25.3 Å². The molecule has 1 aliphatic heterocycles. The summed E-state index contributed by atoms with van der Waals surface area (Å²) in [6.45, 7) is 2.33. The molecule has 1 fully saturated rings. The van der Waals surface area contributed by atoms with Crippen LogP contribution in [-0.4, -0.2) is 49.0 Å². The number of nitrogens with zero attached hydrogens (tertiary/aromatic N) is 3. The van der Waals surface area contributed by atoms with E-state index in [2.05, 4.69) is 4.90 Å². The summed E-state index contributed by atoms with van der Waals surface area (Å²) in [6.07, 6.45) is 0. The van der Waals surface area contributed by atoms with Gasteiger partial charge < -0.3 is 14.5 Å². The molecule has 0 aliphatic carbocycles. The summed E-state index contributed by atoms with van der Waals surface area (Å²) in [4.78, 5) is 27.2. The van der Waals surface area contributed by atoms with Gasteiger partial charge in [0.2, 0.25) is 0 Å². The van der Waals surface area contributed by atoms with Crippen molar-refractivity contribution in [1.29, 1.82) is 0 Å². The summed E-state index contributed by atoms with van der Waals surface area (Å²) < 4.78 is 5.20. The zero-order valence-corrected chi connectivity index (χ0v) is 15.0. The number of rotatable bonds is 4. The minimum atomic E-state index is -0.521. The lowest BCUT2D eigenvalue weighted by Crippen LogP contribution is -2.48. The van der Waals surface area contributed by atoms with Gasteiger partial charge in [-0.2, -0.15) is 0 Å². The SMILES string of the molecule is COc1ccc([N+](=O)[O-])cc1C(=O)N1CCN(c2cccc(Cl)c2)CC1. The molecule has 1 aliphatic rings. The molecule has 0 N–H and O–H groups in total. The van der Waals surface area contributed by atoms with Crippen LogP contribution in [0.3, 0.4) is 0 Å². The minimum Gasteiger partial charge on any atom is -0.496 e. The molecule has 3 rings (SSSR count). The summed E-state index contributed by atoms with van der Waals surface area (Å²) in [5.41, 5.74) is 1.09. The largest absolute Gasteiger partial charge is 0.496 e. The predicted octanol–water partition coefficient (Wildman–Crippen LogP) is 3.22. The molecule has 0 atom stereocenters. The highest BCUT2D eigenvalue weighted by Gasteiger charge is 2.26. The van der Waals surface area contributed by atoms with Crippen LogP contribution in [0.1, 0.15) is 10.4 Å². The average molecular weight is 376 g/mol. The Balaban J connectivity index is 1.74. The number of methoxy groups -OCH3 is 1. The number of non-ortho nitro benzene ring substituents is 1. The molecule has 1 heterocycles. The highest BCUT2D eigenvalue weighted by Crippen LogP contribution is 2.26. The molecule has 0 unspecified atom stereocenters. The van der Waals surface area contributed by atoms with Crippen LogP contribution in [0.4, 0.5) is 11.4 Å². The minimum absolute atomic E-state index is 0.133. The topological polar surface area (TPSA) is 75.9 Å². The molecule has 1 saturated heterocycles. The first kappa shape index (κ1) is 18.0. The number of carbonyl (C=O) groups excluding carboxylic acids is 1. The van der Waals surface area contributed by atoms with Crippen LogP contribution in [0.5, 0.6) is 5.75 Å². The van der Waals surface area contributed by atoms with Gasteiger partial charge in [-0.3, -0.25) is 14.9 Å². The number of anilines is 1. The second-order valence-electron chi connectivity index (χ2n) is 5.90. The van der Waals surface area contributed by atoms with E-state index in [1.807, 2.05) is 24.3 Å². The van der Waals surface area contributed by atoms with Crippen LogP contribution in [0.2, 0.25) is 5.02 Å². The maximum Gasteiger partial charge on any atom is 0.270 e. The van der Waals surface area contributed by atoms with E-state index in [4.69, 9.17) is 16.3 Å². The van der Waals surface area contributed by atoms with Crippen LogP contribution in [0, 0.1) is 10.1 Å². The Morgan fingerprint density at radius 1 is 1.15 bits per heavy atom. The fourth-order valence-electron chi connectivity index (χ4n) is 2.99. The van der Waals surface area contributed by atoms with Gasteiger partial charge in [0.1, 0.15) is 5.75 Å². The van der Waals surface area contributed by atoms with Gasteiger partial charge in [0.05, 0.1) is 17.6 Å². The van der Waals surface area contributed by atoms with Gasteiger partial charge in [-0.15, -0.1) is 0 Å². The van der Waals surface area contributed by atoms with Crippen LogP contribution in [-0.2, 0) is 0 Å². The Bertz CT molecular complexity index is 835. The van der Waals surface area contributed by atoms with Crippen molar-refractivity contribution in [2.24, 2.45) is 0 Å². The van der Waals surface area contributed by atoms with Crippen LogP contribution in [0.25, 0.3) is 0 Å². The van der Waals surface area contributed by atoms with E-state index in [1.54, 1.807) is 4.90 Å². The van der Waals surface area contributed by atoms with Crippen molar-refractivity contribution in [3.63, 3.8) is 0 Å². The van der Waals surface area contributed by atoms with Gasteiger partial charge in [-0.1, -0.05) is 17.7 Å². The second kappa shape index (κ2) is 7.61. The maximum absolute atomic E-state index is 12.8. The number of nitro groups is 1. The summed E-state index contributed by atoms with van der Waals surface area (Å²) in [5.74, 6) is 0.0640. The lowest BCUT2D eigenvalue weighted by atomic mass is 10.1. The molecular weight excluding hydrogens is 358 g/mol. The Kier molecular flexibility index (Phi) is 5.27. The van der Waals surface area contributed by atoms with Crippen molar-refractivity contribution in [1.82, 2.24) is 4.90 Å². The van der Waals surface area contributed by atoms with Crippen LogP contribution in [0.15, 0.2) is 42.5 Å². The first-order valence-electron chi connectivity index (χ1n) is 8.12. The molecule has 2 aromatic carbocycles. The molecule has 0 spiro atoms. The average Bonchev–Trinajstić information content (AvgIpc) is 2.67. The third kappa shape index (κ3) is 3.72. The molecule has 8 heteroatoms. The van der Waals surface area contributed by atoms with Crippen molar-refractivity contribution < 1.29 is 14.5 Å². The molecular formula is C18H18ClN3O4. The highest BCUT2D eigenvalue weighted by molar-refractivity contribution is 6.30. The van der Waals surface area contributed by atoms with Crippen LogP contribution < -0.4 is 9.64 Å². The number of hydrogen-bond acceptors (Lipinski definition) is 5. The van der Waals surface area contributed by atoms with E-state index < -0.39 is 4.92 Å². The highest BCUT2D eigenvalue weighted by atomic mass is 35.5. The number of ether oxygens (including phenoxy) is 1. The Labute approximate surface area is 155 Å². The third-order valence-electron chi connectivity index (χ3n) is 4.36. The molecule has 7 nitrogen and oxygen atoms in total. The summed E-state index contributed by atoms with van der Waals surface area (Å²) >= 11 is 6.04. The lowest BCUT2D eigenvalue weighted by molar-refractivity contribution is -0.384. The van der Waals surface area contributed by atoms with E-state index in [9.17, 15) is 14.9 Å². The maximum atomic E-state index is 12.8. The Morgan fingerprint density at radius 2 is 1.88 bits per heavy atom. The number of halogens is 1. The monoisotopic (exact) mass is 375 g/mol. The fourth-order valence-corrected chi connectivity index (χ4v) is 3.17. The molecule has 0 aromatic heterocycles. The summed E-state index contributed by atoms with van der Waals surface area (Å²) in [7, 11) is 1.44. The second-order valence-corrected chi connectivity index (χ2v) is 6.34. The number of piperazine rings is 1. The quantitative estimate of drug-likeness (QED) is 0.605. The number of hydrogen-bond donors (Lipinski definition) is 0. The van der Waals surface area contributed by atoms with Crippen molar-refractivity contribution in [2.45, 2.75) is 0 Å². The molecule has 0 radical (unpaired) electrons. The number of benzene rings is 2. The van der Waals surface area contributed by atoms with Gasteiger partial charge in [0, 0.05) is 49.0 Å². The van der Waals surface area contributed by atoms with Crippen molar-refractivity contribution in [3.8, 4) is 5.75 Å². The molecule has 2 aromatic rings. The van der Waals surface area contributed by atoms with Gasteiger partial charge >= 0.3 is 0 Å². The molecule has 136 valence electrons. The van der Waals surface area contributed by atoms with Gasteiger partial charge in [-0.25, -0.2) is 0 Å². The van der Waals surface area contributed by atoms with E-state index >= 15 is 0 Å². The normalized spacial score (nSPS) is 14.2. The summed E-state index contributed by atoms with van der Waals surface area (Å²) in [5, 5.41) is 11.7. The van der Waals surface area contributed by atoms with Gasteiger partial charge in [0.25, 0.3) is 11.6 Å². The van der Waals surface area contributed by atoms with Crippen molar-refractivity contribution >= 4 is 28.9 Å². The predicted molar refractivity (Wildman–Crippen MR) is 99.2 cm³/mol. The lowest BCUT2D eigenvalue weighted by Gasteiger charge is -2.36. The number of amides is 1. The van der Waals surface area contributed by atoms with Crippen LogP contribution >= 0.6 is 11.6 Å². The van der Waals surface area contributed by atoms with Crippen molar-refractivity contribution in [3.05, 3.63) is 63.2 Å². The van der Waals surface area contributed by atoms with Gasteiger partial charge in [-0.05, 0) is 24.3 Å². The standard InChI is InChI=1S/C18H18ClN3O4/c1-26-17-6-5-15(22(24)25)12-16(17)18(23)21-9-7-20(8-10-21)14-4-2-3-13(19)11-14/h2-6,11-12H,7-10H2,1H3. The molecule has 1 amide bonds. The first-order chi connectivity index (χ1) is 12.5. The third-order valence-corrected chi connectivity index (χ3v) is 4.60. The molecule has 0 saturated carbocycles.